The van der Waals surface area contributed by atoms with E-state index in [9.17, 15) is 8.42 Å². The molecule has 0 spiro atoms. The second kappa shape index (κ2) is 6.15. The fraction of sp³-hybridized carbons (Fsp3) is 0. The molecule has 0 aliphatic heterocycles. The summed E-state index contributed by atoms with van der Waals surface area (Å²) < 4.78 is 26.7. The Labute approximate surface area is 137 Å². The van der Waals surface area contributed by atoms with Crippen LogP contribution < -0.4 is 10.5 Å². The van der Waals surface area contributed by atoms with Crippen LogP contribution in [0, 0.1) is 0 Å². The fourth-order valence-electron chi connectivity index (χ4n) is 1.50. The minimum atomic E-state index is -3.82. The van der Waals surface area contributed by atoms with E-state index in [1.165, 1.54) is 36.5 Å². The molecule has 2 aromatic rings. The number of rotatable bonds is 4. The molecular formula is C12H9Cl2N3O2S2. The molecule has 1 aromatic carbocycles. The zero-order chi connectivity index (χ0) is 15.6. The van der Waals surface area contributed by atoms with Gasteiger partial charge >= 0.3 is 0 Å². The van der Waals surface area contributed by atoms with Crippen molar-refractivity contribution in [2.75, 3.05) is 4.72 Å². The van der Waals surface area contributed by atoms with Gasteiger partial charge in [0.05, 0.1) is 14.9 Å². The van der Waals surface area contributed by atoms with Crippen molar-refractivity contribution in [2.24, 2.45) is 5.73 Å². The third-order valence-electron chi connectivity index (χ3n) is 2.48. The van der Waals surface area contributed by atoms with Crippen molar-refractivity contribution < 1.29 is 8.42 Å². The van der Waals surface area contributed by atoms with Gasteiger partial charge in [-0.25, -0.2) is 13.4 Å². The normalized spacial score (nSPS) is 11.1. The Kier molecular flexibility index (Phi) is 4.67. The van der Waals surface area contributed by atoms with Crippen LogP contribution in [0.25, 0.3) is 0 Å². The second-order valence-electron chi connectivity index (χ2n) is 3.97. The molecule has 5 nitrogen and oxygen atoms in total. The van der Waals surface area contributed by atoms with Crippen molar-refractivity contribution in [3.05, 3.63) is 52.1 Å². The van der Waals surface area contributed by atoms with Gasteiger partial charge in [-0.1, -0.05) is 35.4 Å². The first-order valence-corrected chi connectivity index (χ1v) is 8.18. The summed E-state index contributed by atoms with van der Waals surface area (Å²) >= 11 is 16.5. The lowest BCUT2D eigenvalue weighted by Gasteiger charge is -2.09. The maximum Gasteiger partial charge on any atom is 0.263 e. The van der Waals surface area contributed by atoms with Gasteiger partial charge < -0.3 is 5.73 Å². The molecule has 0 saturated heterocycles. The van der Waals surface area contributed by atoms with Gasteiger partial charge in [-0.15, -0.1) is 0 Å². The number of sulfonamides is 1. The van der Waals surface area contributed by atoms with Crippen LogP contribution in [0.4, 0.5) is 5.82 Å². The smallest absolute Gasteiger partial charge is 0.263 e. The number of aromatic nitrogens is 1. The van der Waals surface area contributed by atoms with Crippen molar-refractivity contribution in [1.29, 1.82) is 0 Å². The highest BCUT2D eigenvalue weighted by Crippen LogP contribution is 2.22. The molecule has 0 fully saturated rings. The lowest BCUT2D eigenvalue weighted by molar-refractivity contribution is 0.601. The summed E-state index contributed by atoms with van der Waals surface area (Å²) in [6.45, 7) is 0. The maximum atomic E-state index is 12.2. The van der Waals surface area contributed by atoms with Crippen molar-refractivity contribution in [3.63, 3.8) is 0 Å². The predicted octanol–water partition coefficient (Wildman–Crippen LogP) is 2.82. The number of hydrogen-bond donors (Lipinski definition) is 2. The van der Waals surface area contributed by atoms with Crippen LogP contribution in [0.2, 0.25) is 10.0 Å². The summed E-state index contributed by atoms with van der Waals surface area (Å²) in [6, 6.07) is 7.06. The summed E-state index contributed by atoms with van der Waals surface area (Å²) in [5, 5.41) is 0.566. The fourth-order valence-corrected chi connectivity index (χ4v) is 3.22. The Morgan fingerprint density at radius 3 is 2.48 bits per heavy atom. The van der Waals surface area contributed by atoms with E-state index in [0.717, 1.165) is 0 Å². The lowest BCUT2D eigenvalue weighted by atomic mass is 10.2. The van der Waals surface area contributed by atoms with Gasteiger partial charge in [-0.2, -0.15) is 0 Å². The van der Waals surface area contributed by atoms with Crippen LogP contribution in [-0.2, 0) is 10.0 Å². The molecular weight excluding hydrogens is 353 g/mol. The van der Waals surface area contributed by atoms with Crippen LogP contribution in [0.15, 0.2) is 41.4 Å². The summed E-state index contributed by atoms with van der Waals surface area (Å²) in [6.07, 6.45) is 1.34. The first-order chi connectivity index (χ1) is 9.79. The average molecular weight is 362 g/mol. The number of nitrogens with one attached hydrogen (secondary N) is 1. The zero-order valence-corrected chi connectivity index (χ0v) is 13.5. The summed E-state index contributed by atoms with van der Waals surface area (Å²) in [5.41, 5.74) is 5.88. The van der Waals surface area contributed by atoms with E-state index in [4.69, 9.17) is 41.2 Å². The number of benzene rings is 1. The van der Waals surface area contributed by atoms with Gasteiger partial charge in [-0.05, 0) is 30.3 Å². The molecule has 0 unspecified atom stereocenters. The van der Waals surface area contributed by atoms with E-state index in [0.29, 0.717) is 10.6 Å². The highest BCUT2D eigenvalue weighted by molar-refractivity contribution is 7.92. The van der Waals surface area contributed by atoms with Crippen LogP contribution in [-0.4, -0.2) is 18.4 Å². The van der Waals surface area contributed by atoms with E-state index >= 15 is 0 Å². The first kappa shape index (κ1) is 16.0. The molecule has 0 atom stereocenters. The number of hydrogen-bond acceptors (Lipinski definition) is 4. The third-order valence-corrected chi connectivity index (χ3v) is 4.59. The van der Waals surface area contributed by atoms with Crippen molar-refractivity contribution in [2.45, 2.75) is 4.90 Å². The Morgan fingerprint density at radius 2 is 1.95 bits per heavy atom. The molecule has 0 amide bonds. The Hall–Kier alpha value is -1.41. The van der Waals surface area contributed by atoms with Crippen LogP contribution in [0.1, 0.15) is 5.56 Å². The van der Waals surface area contributed by atoms with Crippen molar-refractivity contribution in [1.82, 2.24) is 4.98 Å². The average Bonchev–Trinajstić information content (AvgIpc) is 2.40. The van der Waals surface area contributed by atoms with Crippen LogP contribution >= 0.6 is 35.4 Å². The topological polar surface area (TPSA) is 85.1 Å². The monoisotopic (exact) mass is 361 g/mol. The van der Waals surface area contributed by atoms with Crippen LogP contribution in [0.5, 0.6) is 0 Å². The SMILES string of the molecule is NC(=S)c1ccc(S(=O)(=O)Nc2ccc(Cl)cn2)cc1Cl. The van der Waals surface area contributed by atoms with E-state index < -0.39 is 10.0 Å². The standard InChI is InChI=1S/C12H9Cl2N3O2S2/c13-7-1-4-11(16-6-7)17-21(18,19)8-2-3-9(12(15)20)10(14)5-8/h1-6H,(H2,15,20)(H,16,17). The molecule has 0 aliphatic carbocycles. The molecule has 0 bridgehead atoms. The minimum Gasteiger partial charge on any atom is -0.389 e. The molecule has 21 heavy (non-hydrogen) atoms. The molecule has 0 saturated carbocycles. The van der Waals surface area contributed by atoms with E-state index in [1.807, 2.05) is 0 Å². The Bertz CT molecular complexity index is 793. The largest absolute Gasteiger partial charge is 0.389 e. The van der Waals surface area contributed by atoms with E-state index in [2.05, 4.69) is 9.71 Å². The molecule has 0 aliphatic rings. The molecule has 9 heteroatoms. The van der Waals surface area contributed by atoms with Gasteiger partial charge in [0.2, 0.25) is 0 Å². The summed E-state index contributed by atoms with van der Waals surface area (Å²) in [7, 11) is -3.82. The lowest BCUT2D eigenvalue weighted by Crippen LogP contribution is -2.15. The Balaban J connectivity index is 2.33. The minimum absolute atomic E-state index is 0.0238. The number of halogens is 2. The quantitative estimate of drug-likeness (QED) is 0.817. The third kappa shape index (κ3) is 3.82. The van der Waals surface area contributed by atoms with Gasteiger partial charge in [0.1, 0.15) is 10.8 Å². The number of thiocarbonyl (C=S) groups is 1. The predicted molar refractivity (Wildman–Crippen MR) is 87.4 cm³/mol. The summed E-state index contributed by atoms with van der Waals surface area (Å²) in [4.78, 5) is 3.93. The molecule has 0 radical (unpaired) electrons. The Morgan fingerprint density at radius 1 is 1.24 bits per heavy atom. The zero-order valence-electron chi connectivity index (χ0n) is 10.4. The second-order valence-corrected chi connectivity index (χ2v) is 6.94. The van der Waals surface area contributed by atoms with Gasteiger partial charge in [0.15, 0.2) is 0 Å². The molecule has 2 rings (SSSR count). The molecule has 3 N–H and O–H groups in total. The summed E-state index contributed by atoms with van der Waals surface area (Å²) in [5.74, 6) is 0.147. The molecule has 1 heterocycles. The van der Waals surface area contributed by atoms with Gasteiger partial charge in [0, 0.05) is 11.8 Å². The number of anilines is 1. The highest BCUT2D eigenvalue weighted by Gasteiger charge is 2.17. The first-order valence-electron chi connectivity index (χ1n) is 5.53. The number of nitrogens with two attached hydrogens (primary N) is 1. The maximum absolute atomic E-state index is 12.2. The van der Waals surface area contributed by atoms with E-state index in [-0.39, 0.29) is 20.7 Å². The molecule has 110 valence electrons. The number of pyridine rings is 1. The van der Waals surface area contributed by atoms with Crippen LogP contribution in [0.3, 0.4) is 0 Å². The van der Waals surface area contributed by atoms with E-state index in [1.54, 1.807) is 0 Å². The van der Waals surface area contributed by atoms with Crippen molar-refractivity contribution in [3.8, 4) is 0 Å². The highest BCUT2D eigenvalue weighted by atomic mass is 35.5. The van der Waals surface area contributed by atoms with Crippen molar-refractivity contribution >= 4 is 56.2 Å². The van der Waals surface area contributed by atoms with Gasteiger partial charge in [0.25, 0.3) is 10.0 Å². The molecule has 1 aromatic heterocycles. The van der Waals surface area contributed by atoms with Gasteiger partial charge in [-0.3, -0.25) is 4.72 Å². The number of nitrogens with zero attached hydrogens (tertiary/aromatic N) is 1.